The number of carboxylic acid groups (broad SMARTS) is 2. The molecule has 3 saturated heterocycles. The molecule has 0 saturated carbocycles. The Morgan fingerprint density at radius 3 is 1.74 bits per heavy atom. The molecular formula is C41H50O27. The molecule has 3 fully saturated rings. The summed E-state index contributed by atoms with van der Waals surface area (Å²) in [5, 5.41) is 126. The lowest BCUT2D eigenvalue weighted by Gasteiger charge is -2.43. The van der Waals surface area contributed by atoms with Crippen LogP contribution in [0.5, 0.6) is 34.5 Å². The average Bonchev–Trinajstić information content (AvgIpc) is 3.28. The number of esters is 2. The van der Waals surface area contributed by atoms with Gasteiger partial charge in [0.15, 0.2) is 30.0 Å². The molecule has 6 rings (SSSR count). The van der Waals surface area contributed by atoms with Gasteiger partial charge in [0.1, 0.15) is 103 Å². The molecule has 0 amide bonds. The lowest BCUT2D eigenvalue weighted by molar-refractivity contribution is -0.325. The van der Waals surface area contributed by atoms with E-state index in [-0.39, 0.29) is 39.9 Å². The largest absolute Gasteiger partial charge is 0.508 e. The smallest absolute Gasteiger partial charge is 0.317 e. The number of ether oxygens (including phenoxy) is 11. The van der Waals surface area contributed by atoms with Crippen LogP contribution in [0.1, 0.15) is 37.0 Å². The fraction of sp³-hybridized carbons (Fsp3) is 0.561. The predicted molar refractivity (Wildman–Crippen MR) is 213 cm³/mol. The highest BCUT2D eigenvalue weighted by atomic mass is 16.7. The molecule has 4 aliphatic rings. The van der Waals surface area contributed by atoms with Crippen LogP contribution < -0.4 is 18.9 Å². The molecule has 0 aliphatic carbocycles. The van der Waals surface area contributed by atoms with Crippen molar-refractivity contribution in [2.75, 3.05) is 27.4 Å². The Bertz CT molecular complexity index is 2160. The molecule has 0 spiro atoms. The van der Waals surface area contributed by atoms with E-state index in [0.29, 0.717) is 0 Å². The third kappa shape index (κ3) is 11.4. The molecule has 27 nitrogen and oxygen atoms in total. The number of aliphatic carboxylic acids is 2. The second-order valence-corrected chi connectivity index (χ2v) is 15.7. The molecule has 0 radical (unpaired) electrons. The summed E-state index contributed by atoms with van der Waals surface area (Å²) in [5.41, 5.74) is 0.0258. The summed E-state index contributed by atoms with van der Waals surface area (Å²) in [4.78, 5) is 45.7. The van der Waals surface area contributed by atoms with Crippen molar-refractivity contribution in [3.05, 3.63) is 41.2 Å². The number of aliphatic hydroxyl groups is 8. The maximum Gasteiger partial charge on any atom is 0.317 e. The van der Waals surface area contributed by atoms with E-state index in [1.807, 2.05) is 0 Å². The topological polar surface area (TPSA) is 413 Å². The number of carbonyl (C=O) groups is 4. The first kappa shape index (κ1) is 51.6. The summed E-state index contributed by atoms with van der Waals surface area (Å²) in [6, 6.07) is 4.76. The van der Waals surface area contributed by atoms with Crippen LogP contribution in [-0.4, -0.2) is 205 Å². The van der Waals surface area contributed by atoms with Gasteiger partial charge >= 0.3 is 23.9 Å². The van der Waals surface area contributed by atoms with Crippen LogP contribution in [0.3, 0.4) is 0 Å². The third-order valence-electron chi connectivity index (χ3n) is 11.0. The quantitative estimate of drug-likeness (QED) is 0.0540. The monoisotopic (exact) mass is 974 g/mol. The number of fused-ring (bicyclic) bond motifs is 1. The van der Waals surface area contributed by atoms with Crippen LogP contribution in [0.15, 0.2) is 30.0 Å². The molecule has 4 aliphatic heterocycles. The number of hydrogen-bond acceptors (Lipinski definition) is 25. The molecule has 4 heterocycles. The third-order valence-corrected chi connectivity index (χ3v) is 11.0. The lowest BCUT2D eigenvalue weighted by Crippen LogP contribution is -2.61. The Balaban J connectivity index is 1.29. The zero-order valence-corrected chi connectivity index (χ0v) is 35.9. The molecule has 68 heavy (non-hydrogen) atoms. The van der Waals surface area contributed by atoms with Gasteiger partial charge in [-0.05, 0) is 25.1 Å². The van der Waals surface area contributed by atoms with Crippen molar-refractivity contribution in [3.8, 4) is 34.5 Å². The minimum absolute atomic E-state index is 0.0959. The van der Waals surface area contributed by atoms with Crippen LogP contribution in [0.4, 0.5) is 0 Å². The first-order valence-electron chi connectivity index (χ1n) is 20.5. The number of rotatable bonds is 17. The predicted octanol–water partition coefficient (Wildman–Crippen LogP) is -3.51. The number of phenols is 2. The highest BCUT2D eigenvalue weighted by Crippen LogP contribution is 2.48. The van der Waals surface area contributed by atoms with E-state index in [4.69, 9.17) is 62.3 Å². The fourth-order valence-electron chi connectivity index (χ4n) is 7.45. The normalized spacial score (nSPS) is 33.4. The summed E-state index contributed by atoms with van der Waals surface area (Å²) >= 11 is 0. The number of aromatic hydroxyl groups is 2. The first-order chi connectivity index (χ1) is 32.1. The van der Waals surface area contributed by atoms with E-state index in [1.54, 1.807) is 0 Å². The summed E-state index contributed by atoms with van der Waals surface area (Å²) < 4.78 is 61.5. The number of hydrogen-bond donors (Lipinski definition) is 12. The number of phenolic OH excluding ortho intramolecular Hbond substituents is 2. The van der Waals surface area contributed by atoms with E-state index >= 15 is 0 Å². The second kappa shape index (κ2) is 21.6. The van der Waals surface area contributed by atoms with Gasteiger partial charge < -0.3 is 113 Å². The Morgan fingerprint density at radius 2 is 1.16 bits per heavy atom. The molecule has 27 heteroatoms. The average molecular weight is 975 g/mol. The van der Waals surface area contributed by atoms with Gasteiger partial charge in [0.25, 0.3) is 0 Å². The van der Waals surface area contributed by atoms with Crippen LogP contribution in [-0.2, 0) is 52.3 Å². The molecule has 2 aromatic rings. The van der Waals surface area contributed by atoms with Gasteiger partial charge in [-0.25, -0.2) is 0 Å². The van der Waals surface area contributed by atoms with Gasteiger partial charge in [0.05, 0.1) is 32.5 Å². The molecule has 12 N–H and O–H groups in total. The van der Waals surface area contributed by atoms with Crippen molar-refractivity contribution >= 4 is 30.0 Å². The number of carbonyl (C=O) groups excluding carboxylic acids is 2. The van der Waals surface area contributed by atoms with Gasteiger partial charge in [-0.1, -0.05) is 0 Å². The minimum Gasteiger partial charge on any atom is -0.508 e. The number of carboxylic acids is 2. The maximum atomic E-state index is 12.0. The van der Waals surface area contributed by atoms with Crippen molar-refractivity contribution in [3.63, 3.8) is 0 Å². The Morgan fingerprint density at radius 1 is 0.618 bits per heavy atom. The van der Waals surface area contributed by atoms with E-state index in [9.17, 15) is 70.2 Å². The molecule has 376 valence electrons. The second-order valence-electron chi connectivity index (χ2n) is 15.7. The van der Waals surface area contributed by atoms with Crippen LogP contribution in [0.2, 0.25) is 0 Å². The van der Waals surface area contributed by atoms with Crippen LogP contribution >= 0.6 is 0 Å². The Labute approximate surface area is 383 Å². The van der Waals surface area contributed by atoms with Crippen LogP contribution in [0, 0.1) is 0 Å². The summed E-state index contributed by atoms with van der Waals surface area (Å²) in [5.74, 6) is -7.44. The SMILES string of the molecule is COc1cc(C2Oc3cc(O)cc(O[C@@H]4O[C@H](COC(=O)CC(=O)O)[C@@H](O)[C@H](O)[C@H]4O)c3C=C2O[C@@H]2O[C@H](CO[C@@H]3O[C@@H](C)[C@H](OC(=O)CC(=O)O)[C@H](O)[C@@H]3O)[C@@H](O)[C@H](O)[C@H]2O)cc(OC)c1O. The molecular weight excluding hydrogens is 924 g/mol. The molecule has 1 unspecified atom stereocenters. The van der Waals surface area contributed by atoms with Crippen molar-refractivity contribution < 1.29 is 133 Å². The van der Waals surface area contributed by atoms with Crippen molar-refractivity contribution in [1.29, 1.82) is 0 Å². The number of benzene rings is 2. The van der Waals surface area contributed by atoms with E-state index in [1.165, 1.54) is 39.4 Å². The lowest BCUT2D eigenvalue weighted by atomic mass is 9.97. The molecule has 0 aromatic heterocycles. The van der Waals surface area contributed by atoms with Gasteiger partial charge in [-0.3, -0.25) is 19.2 Å². The Kier molecular flexibility index (Phi) is 16.4. The van der Waals surface area contributed by atoms with Gasteiger partial charge in [0.2, 0.25) is 18.3 Å². The maximum absolute atomic E-state index is 12.0. The van der Waals surface area contributed by atoms with E-state index < -0.39 is 160 Å². The molecule has 2 aromatic carbocycles. The standard InChI is InChI=1S/C41H50O27/c1-13-37(68-27(48)10-25(45)46)33(54)36(57)39(62-13)61-12-23-30(51)32(53)35(56)41(67-23)65-21-8-16-17(63-38(21)14-4-19(58-2)28(49)20(5-14)59-3)6-15(42)7-18(16)64-40-34(55)31(52)29(50)22(66-40)11-60-26(47)9-24(43)44/h4-8,13,22-23,29-42,49-57H,9-12H2,1-3H3,(H,43,44)(H,45,46)/t13-,22+,23+,29+,30+,31-,32-,33+,34+,35+,36-,37-,38?,39+,40+,41+/m0/s1. The van der Waals surface area contributed by atoms with Crippen LogP contribution in [0.25, 0.3) is 6.08 Å². The molecule has 16 atom stereocenters. The van der Waals surface area contributed by atoms with Gasteiger partial charge in [0, 0.05) is 17.7 Å². The highest BCUT2D eigenvalue weighted by molar-refractivity contribution is 5.90. The van der Waals surface area contributed by atoms with Gasteiger partial charge in [-0.2, -0.15) is 0 Å². The number of aliphatic hydroxyl groups excluding tert-OH is 8. The zero-order valence-electron chi connectivity index (χ0n) is 35.9. The Hall–Kier alpha value is -5.82. The van der Waals surface area contributed by atoms with Gasteiger partial charge in [-0.15, -0.1) is 0 Å². The number of methoxy groups -OCH3 is 2. The summed E-state index contributed by atoms with van der Waals surface area (Å²) in [7, 11) is 2.48. The van der Waals surface area contributed by atoms with Crippen molar-refractivity contribution in [2.24, 2.45) is 0 Å². The minimum atomic E-state index is -2.04. The van der Waals surface area contributed by atoms with Crippen molar-refractivity contribution in [2.45, 2.75) is 118 Å². The van der Waals surface area contributed by atoms with E-state index in [2.05, 4.69) is 0 Å². The fourth-order valence-corrected chi connectivity index (χ4v) is 7.45. The summed E-state index contributed by atoms with van der Waals surface area (Å²) in [6.07, 6.45) is -29.3. The molecule has 0 bridgehead atoms. The summed E-state index contributed by atoms with van der Waals surface area (Å²) in [6.45, 7) is -0.201. The van der Waals surface area contributed by atoms with Crippen molar-refractivity contribution in [1.82, 2.24) is 0 Å². The first-order valence-corrected chi connectivity index (χ1v) is 20.5. The highest BCUT2D eigenvalue weighted by Gasteiger charge is 2.50. The zero-order chi connectivity index (χ0) is 49.9. The van der Waals surface area contributed by atoms with E-state index in [0.717, 1.165) is 12.1 Å².